The molecule has 2 aromatic carbocycles. The number of esters is 1. The molecule has 0 aliphatic carbocycles. The maximum absolute atomic E-state index is 14.0. The lowest BCUT2D eigenvalue weighted by atomic mass is 10.0. The second kappa shape index (κ2) is 11.4. The number of para-hydroxylation sites is 1. The molecule has 1 aliphatic rings. The topological polar surface area (TPSA) is 88.5 Å². The van der Waals surface area contributed by atoms with Gasteiger partial charge in [0.2, 0.25) is 5.91 Å². The van der Waals surface area contributed by atoms with Crippen molar-refractivity contribution < 1.29 is 18.7 Å². The molecular weight excluding hydrogens is 517 g/mol. The Morgan fingerprint density at radius 1 is 1.05 bits per heavy atom. The number of halogens is 1. The normalized spacial score (nSPS) is 16.6. The summed E-state index contributed by atoms with van der Waals surface area (Å²) in [5.41, 5.74) is 3.15. The van der Waals surface area contributed by atoms with Crippen molar-refractivity contribution in [1.29, 1.82) is 0 Å². The number of hydrogen-bond acceptors (Lipinski definition) is 5. The van der Waals surface area contributed by atoms with Crippen LogP contribution in [0.3, 0.4) is 0 Å². The monoisotopic (exact) mass is 543 g/mol. The smallest absolute Gasteiger partial charge is 0.337 e. The number of rotatable bonds is 8. The number of nitrogens with zero attached hydrogens (tertiary/aromatic N) is 3. The van der Waals surface area contributed by atoms with Gasteiger partial charge < -0.3 is 24.8 Å². The molecule has 0 unspecified atom stereocenters. The van der Waals surface area contributed by atoms with Crippen molar-refractivity contribution in [3.05, 3.63) is 114 Å². The molecule has 8 nitrogen and oxygen atoms in total. The first-order valence-electron chi connectivity index (χ1n) is 12.3. The highest BCUT2D eigenvalue weighted by Crippen LogP contribution is 2.39. The van der Waals surface area contributed by atoms with E-state index in [4.69, 9.17) is 17.0 Å². The Morgan fingerprint density at radius 3 is 2.54 bits per heavy atom. The van der Waals surface area contributed by atoms with Gasteiger partial charge in [-0.25, -0.2) is 9.18 Å². The second-order valence-corrected chi connectivity index (χ2v) is 9.33. The molecule has 1 amide bonds. The van der Waals surface area contributed by atoms with Gasteiger partial charge in [-0.3, -0.25) is 9.78 Å². The van der Waals surface area contributed by atoms with Crippen LogP contribution in [0.15, 0.2) is 91.3 Å². The number of thiocarbonyl (C=S) groups is 1. The number of carbonyl (C=O) groups is 2. The van der Waals surface area contributed by atoms with Crippen molar-refractivity contribution in [3.63, 3.8) is 0 Å². The Morgan fingerprint density at radius 2 is 1.82 bits per heavy atom. The van der Waals surface area contributed by atoms with Gasteiger partial charge in [0, 0.05) is 36.7 Å². The molecule has 0 spiro atoms. The van der Waals surface area contributed by atoms with Crippen molar-refractivity contribution >= 4 is 34.9 Å². The molecule has 4 aromatic rings. The molecule has 2 aromatic heterocycles. The third-order valence-corrected chi connectivity index (χ3v) is 6.93. The Kier molecular flexibility index (Phi) is 7.64. The van der Waals surface area contributed by atoms with Crippen molar-refractivity contribution in [1.82, 2.24) is 19.8 Å². The Labute approximate surface area is 230 Å². The molecule has 1 saturated heterocycles. The van der Waals surface area contributed by atoms with Crippen LogP contribution in [0.5, 0.6) is 0 Å². The second-order valence-electron chi connectivity index (χ2n) is 8.94. The molecule has 0 radical (unpaired) electrons. The van der Waals surface area contributed by atoms with E-state index < -0.39 is 11.8 Å². The van der Waals surface area contributed by atoms with Crippen LogP contribution >= 0.6 is 12.2 Å². The summed E-state index contributed by atoms with van der Waals surface area (Å²) < 4.78 is 20.9. The third-order valence-electron chi connectivity index (χ3n) is 6.58. The maximum Gasteiger partial charge on any atom is 0.337 e. The van der Waals surface area contributed by atoms with E-state index in [1.54, 1.807) is 30.5 Å². The summed E-state index contributed by atoms with van der Waals surface area (Å²) in [4.78, 5) is 31.2. The summed E-state index contributed by atoms with van der Waals surface area (Å²) in [5.74, 6) is -1.22. The summed E-state index contributed by atoms with van der Waals surface area (Å²) in [6.45, 7) is 0.298. The number of carbonyl (C=O) groups excluding carboxylic acids is 2. The first-order valence-corrected chi connectivity index (χ1v) is 12.8. The molecule has 5 rings (SSSR count). The maximum atomic E-state index is 14.0. The zero-order valence-corrected chi connectivity index (χ0v) is 21.9. The average molecular weight is 544 g/mol. The van der Waals surface area contributed by atoms with Gasteiger partial charge in [0.1, 0.15) is 5.82 Å². The van der Waals surface area contributed by atoms with Crippen LogP contribution in [0.1, 0.15) is 40.3 Å². The summed E-state index contributed by atoms with van der Waals surface area (Å²) >= 11 is 5.72. The molecule has 2 atom stereocenters. The molecule has 198 valence electrons. The molecule has 1 aliphatic heterocycles. The van der Waals surface area contributed by atoms with Gasteiger partial charge in [-0.15, -0.1) is 0 Å². The number of hydrogen-bond donors (Lipinski definition) is 2. The molecular formula is C29H26FN5O3S. The SMILES string of the molecule is COC(=O)c1ccc(-n2cccc2[C@@H]2[C@H](c3ccccn3)NC(=S)N2CCC(=O)Nc2ccccc2F)cc1. The number of methoxy groups -OCH3 is 1. The molecule has 1 fully saturated rings. The largest absolute Gasteiger partial charge is 0.465 e. The fourth-order valence-electron chi connectivity index (χ4n) is 4.71. The molecule has 3 heterocycles. The van der Waals surface area contributed by atoms with Crippen molar-refractivity contribution in [3.8, 4) is 5.69 Å². The van der Waals surface area contributed by atoms with Crippen LogP contribution < -0.4 is 10.6 Å². The zero-order valence-electron chi connectivity index (χ0n) is 21.1. The number of amides is 1. The van der Waals surface area contributed by atoms with E-state index in [2.05, 4.69) is 15.6 Å². The molecule has 0 saturated carbocycles. The molecule has 2 N–H and O–H groups in total. The van der Waals surface area contributed by atoms with Gasteiger partial charge in [0.25, 0.3) is 0 Å². The van der Waals surface area contributed by atoms with E-state index in [0.717, 1.165) is 17.1 Å². The van der Waals surface area contributed by atoms with Gasteiger partial charge in [-0.2, -0.15) is 0 Å². The van der Waals surface area contributed by atoms with E-state index in [0.29, 0.717) is 17.2 Å². The van der Waals surface area contributed by atoms with E-state index in [1.807, 2.05) is 58.1 Å². The predicted molar refractivity (Wildman–Crippen MR) is 149 cm³/mol. The van der Waals surface area contributed by atoms with Crippen LogP contribution in [-0.2, 0) is 9.53 Å². The number of benzene rings is 2. The minimum absolute atomic E-state index is 0.0934. The lowest BCUT2D eigenvalue weighted by Crippen LogP contribution is -2.33. The lowest BCUT2D eigenvalue weighted by Gasteiger charge is -2.29. The Bertz CT molecular complexity index is 1490. The van der Waals surface area contributed by atoms with E-state index in [9.17, 15) is 14.0 Å². The average Bonchev–Trinajstić information content (AvgIpc) is 3.57. The van der Waals surface area contributed by atoms with E-state index in [-0.39, 0.29) is 30.1 Å². The molecule has 10 heteroatoms. The number of nitrogens with one attached hydrogen (secondary N) is 2. The van der Waals surface area contributed by atoms with Crippen LogP contribution in [0.25, 0.3) is 5.69 Å². The lowest BCUT2D eigenvalue weighted by molar-refractivity contribution is -0.116. The van der Waals surface area contributed by atoms with Gasteiger partial charge in [-0.05, 0) is 72.9 Å². The summed E-state index contributed by atoms with van der Waals surface area (Å²) in [6, 6.07) is 22.2. The Balaban J connectivity index is 1.44. The van der Waals surface area contributed by atoms with Gasteiger partial charge in [0.15, 0.2) is 5.11 Å². The fourth-order valence-corrected chi connectivity index (χ4v) is 5.04. The highest BCUT2D eigenvalue weighted by atomic mass is 32.1. The van der Waals surface area contributed by atoms with Gasteiger partial charge in [-0.1, -0.05) is 18.2 Å². The predicted octanol–water partition coefficient (Wildman–Crippen LogP) is 4.80. The van der Waals surface area contributed by atoms with Crippen LogP contribution in [-0.4, -0.2) is 45.1 Å². The van der Waals surface area contributed by atoms with E-state index >= 15 is 0 Å². The number of ether oxygens (including phenoxy) is 1. The van der Waals surface area contributed by atoms with Gasteiger partial charge >= 0.3 is 5.97 Å². The first kappa shape index (κ1) is 26.1. The minimum Gasteiger partial charge on any atom is -0.465 e. The van der Waals surface area contributed by atoms with Crippen LogP contribution in [0.4, 0.5) is 10.1 Å². The number of anilines is 1. The van der Waals surface area contributed by atoms with E-state index in [1.165, 1.54) is 19.2 Å². The third kappa shape index (κ3) is 5.51. The van der Waals surface area contributed by atoms with Gasteiger partial charge in [0.05, 0.1) is 36.1 Å². The van der Waals surface area contributed by atoms with Crippen molar-refractivity contribution in [2.45, 2.75) is 18.5 Å². The van der Waals surface area contributed by atoms with Crippen molar-refractivity contribution in [2.24, 2.45) is 0 Å². The first-order chi connectivity index (χ1) is 19.0. The summed E-state index contributed by atoms with van der Waals surface area (Å²) in [5, 5.41) is 6.51. The summed E-state index contributed by atoms with van der Waals surface area (Å²) in [7, 11) is 1.35. The van der Waals surface area contributed by atoms with Crippen LogP contribution in [0.2, 0.25) is 0 Å². The number of aromatic nitrogens is 2. The molecule has 0 bridgehead atoms. The standard InChI is InChI=1S/C29H26FN5O3S/c1-38-28(37)19-11-13-20(14-12-19)34-17-6-10-24(34)27-26(23-9-4-5-16-31-23)33-29(39)35(27)18-15-25(36)32-22-8-3-2-7-21(22)30/h2-14,16-17,26-27H,15,18H2,1H3,(H,32,36)(H,33,39)/t26-,27+/m0/s1. The minimum atomic E-state index is -0.492. The summed E-state index contributed by atoms with van der Waals surface area (Å²) in [6.07, 6.45) is 3.75. The highest BCUT2D eigenvalue weighted by molar-refractivity contribution is 7.80. The zero-order chi connectivity index (χ0) is 27.4. The number of pyridine rings is 1. The Hall–Kier alpha value is -4.57. The quantitative estimate of drug-likeness (QED) is 0.244. The molecule has 39 heavy (non-hydrogen) atoms. The van der Waals surface area contributed by atoms with Crippen molar-refractivity contribution in [2.75, 3.05) is 19.0 Å². The fraction of sp³-hybridized carbons (Fsp3) is 0.172. The van der Waals surface area contributed by atoms with Crippen LogP contribution in [0, 0.1) is 5.82 Å². The highest BCUT2D eigenvalue weighted by Gasteiger charge is 2.41.